The second-order valence-corrected chi connectivity index (χ2v) is 23.9. The molecule has 0 bridgehead atoms. The van der Waals surface area contributed by atoms with Crippen molar-refractivity contribution in [2.24, 2.45) is 34.5 Å². The van der Waals surface area contributed by atoms with Gasteiger partial charge in [-0.2, -0.15) is 0 Å². The molecular formula is C53H71N5O5S2. The minimum atomic E-state index is -0.275. The van der Waals surface area contributed by atoms with E-state index in [-0.39, 0.29) is 68.7 Å². The van der Waals surface area contributed by atoms with Crippen molar-refractivity contribution in [2.45, 2.75) is 141 Å². The summed E-state index contributed by atoms with van der Waals surface area (Å²) >= 11 is 0. The maximum Gasteiger partial charge on any atom is 0.234 e. The Bertz CT molecular complexity index is 2250. The molecule has 3 N–H and O–H groups in total. The lowest BCUT2D eigenvalue weighted by Gasteiger charge is -2.60. The van der Waals surface area contributed by atoms with Crippen LogP contribution >= 0.6 is 21.6 Å². The molecule has 1 saturated heterocycles. The summed E-state index contributed by atoms with van der Waals surface area (Å²) in [5, 5.41) is 3.72. The molecule has 2 aromatic carbocycles. The predicted octanol–water partition coefficient (Wildman–Crippen LogP) is 10.7. The number of carbonyl (C=O) groups excluding carboxylic acids is 5. The third-order valence-corrected chi connectivity index (χ3v) is 17.8. The van der Waals surface area contributed by atoms with Gasteiger partial charge in [-0.25, -0.2) is 5.43 Å². The highest BCUT2D eigenvalue weighted by Crippen LogP contribution is 2.65. The number of aldehydes is 1. The van der Waals surface area contributed by atoms with Gasteiger partial charge in [0.05, 0.1) is 6.42 Å². The van der Waals surface area contributed by atoms with E-state index in [1.165, 1.54) is 5.56 Å². The van der Waals surface area contributed by atoms with Crippen LogP contribution in [-0.4, -0.2) is 58.5 Å². The monoisotopic (exact) mass is 921 g/mol. The highest BCUT2D eigenvalue weighted by Gasteiger charge is 2.62. The number of anilines is 1. The molecule has 65 heavy (non-hydrogen) atoms. The van der Waals surface area contributed by atoms with Crippen molar-refractivity contribution >= 4 is 57.1 Å². The highest BCUT2D eigenvalue weighted by atomic mass is 33.1. The van der Waals surface area contributed by atoms with E-state index in [4.69, 9.17) is 0 Å². The maximum atomic E-state index is 14.7. The number of pyridine rings is 1. The van der Waals surface area contributed by atoms with Gasteiger partial charge in [0.1, 0.15) is 6.29 Å². The van der Waals surface area contributed by atoms with Crippen LogP contribution in [-0.2, 0) is 36.4 Å². The van der Waals surface area contributed by atoms with Crippen molar-refractivity contribution < 1.29 is 24.0 Å². The van der Waals surface area contributed by atoms with Gasteiger partial charge in [-0.15, -0.1) is 0 Å². The Labute approximate surface area is 395 Å². The van der Waals surface area contributed by atoms with E-state index in [1.54, 1.807) is 59.2 Å². The van der Waals surface area contributed by atoms with E-state index >= 15 is 0 Å². The van der Waals surface area contributed by atoms with Gasteiger partial charge >= 0.3 is 0 Å². The highest BCUT2D eigenvalue weighted by molar-refractivity contribution is 8.77. The molecule has 350 valence electrons. The number of nitrogens with zero attached hydrogens (tertiary/aromatic N) is 2. The first-order valence-electron chi connectivity index (χ1n) is 23.4. The van der Waals surface area contributed by atoms with Gasteiger partial charge in [0.15, 0.2) is 5.78 Å². The van der Waals surface area contributed by atoms with Crippen LogP contribution in [0.1, 0.15) is 141 Å². The zero-order valence-corrected chi connectivity index (χ0v) is 41.8. The molecule has 7 atom stereocenters. The molecule has 7 rings (SSSR count). The number of aromatic nitrogens is 1. The van der Waals surface area contributed by atoms with Crippen LogP contribution in [0.2, 0.25) is 0 Å². The number of piperidine rings is 1. The minimum Gasteiger partial charge on any atom is -0.326 e. The van der Waals surface area contributed by atoms with Crippen LogP contribution in [0.25, 0.3) is 0 Å². The van der Waals surface area contributed by atoms with E-state index in [0.29, 0.717) is 36.8 Å². The number of fused-ring (bicyclic) bond motifs is 5. The molecule has 3 fully saturated rings. The van der Waals surface area contributed by atoms with Crippen LogP contribution < -0.4 is 16.2 Å². The first kappa shape index (κ1) is 50.2. The lowest BCUT2D eigenvalue weighted by molar-refractivity contribution is -0.142. The quantitative estimate of drug-likeness (QED) is 0.0921. The molecule has 7 unspecified atom stereocenters. The van der Waals surface area contributed by atoms with E-state index in [0.717, 1.165) is 72.2 Å². The van der Waals surface area contributed by atoms with Crippen LogP contribution in [0, 0.1) is 34.5 Å². The minimum absolute atomic E-state index is 0.0292. The lowest BCUT2D eigenvalue weighted by Crippen LogP contribution is -2.59. The summed E-state index contributed by atoms with van der Waals surface area (Å²) in [6.45, 7) is 20.6. The Morgan fingerprint density at radius 2 is 1.66 bits per heavy atom. The fraction of sp³-hybridized carbons (Fsp3) is 0.547. The van der Waals surface area contributed by atoms with Crippen molar-refractivity contribution in [3.63, 3.8) is 0 Å². The van der Waals surface area contributed by atoms with Gasteiger partial charge in [0.25, 0.3) is 0 Å². The molecule has 1 aromatic heterocycles. The van der Waals surface area contributed by atoms with Crippen molar-refractivity contribution in [1.29, 1.82) is 0 Å². The molecule has 2 saturated carbocycles. The molecule has 0 radical (unpaired) electrons. The van der Waals surface area contributed by atoms with Crippen molar-refractivity contribution in [2.75, 3.05) is 18.9 Å². The third-order valence-electron chi connectivity index (χ3n) is 14.8. The fourth-order valence-electron chi connectivity index (χ4n) is 11.1. The Morgan fingerprint density at radius 1 is 0.938 bits per heavy atom. The molecule has 1 aliphatic heterocycles. The first-order chi connectivity index (χ1) is 30.7. The standard InChI is InChI=1S/C47H66N4O4S2.C6H5NO/c1-29(15-20-41(53)50-48-10)56-57-39-14-12-11-13-30(39)25-42(54)51-28-33-34-18-19-37(46(34,8)24-22-35(33)47(9)23-21-32(52)27-40(47)51)43(55)49-38-26-31(44(2,3)4)16-17-36(38)45(5,6)7;8-5-6-1-3-7-4-2-6/h11-14,16-17,26-27,29,33-35,37,48H,15,18-25,28H2,1-10H3,(H,49,55)(H,50,53);1-5H. The summed E-state index contributed by atoms with van der Waals surface area (Å²) in [6, 6.07) is 18.0. The van der Waals surface area contributed by atoms with Crippen LogP contribution in [0.15, 0.2) is 83.7 Å². The SMILES string of the molecule is CNNC(=O)CCC(C)SSc1ccccc1CC(=O)N1CC2C(CCC3(C)C(C(=O)Nc4cc(C(C)(C)C)ccc4C(C)(C)C)CCC23)C2(C)CCC(=O)C=C12.O=Cc1ccncc1. The van der Waals surface area contributed by atoms with Gasteiger partial charge in [0.2, 0.25) is 17.7 Å². The van der Waals surface area contributed by atoms with Gasteiger partial charge in [-0.05, 0) is 113 Å². The number of hydrogen-bond acceptors (Lipinski definition) is 9. The molecule has 10 nitrogen and oxygen atoms in total. The summed E-state index contributed by atoms with van der Waals surface area (Å²) in [7, 11) is 5.06. The maximum absolute atomic E-state index is 14.7. The summed E-state index contributed by atoms with van der Waals surface area (Å²) in [5.41, 5.74) is 10.5. The molecular weight excluding hydrogens is 851 g/mol. The molecule has 2 heterocycles. The number of benzene rings is 2. The second kappa shape index (κ2) is 20.7. The normalized spacial score (nSPS) is 25.4. The van der Waals surface area contributed by atoms with Crippen molar-refractivity contribution in [3.8, 4) is 0 Å². The molecule has 12 heteroatoms. The number of hydrazine groups is 1. The molecule has 0 spiro atoms. The smallest absolute Gasteiger partial charge is 0.234 e. The zero-order valence-electron chi connectivity index (χ0n) is 40.2. The zero-order chi connectivity index (χ0) is 47.3. The topological polar surface area (TPSA) is 138 Å². The summed E-state index contributed by atoms with van der Waals surface area (Å²) in [6.07, 6.45) is 12.2. The van der Waals surface area contributed by atoms with E-state index < -0.39 is 0 Å². The number of amides is 3. The Balaban J connectivity index is 0.000000789. The van der Waals surface area contributed by atoms with Gasteiger partial charge in [-0.1, -0.05) is 114 Å². The van der Waals surface area contributed by atoms with Crippen LogP contribution in [0.4, 0.5) is 5.69 Å². The molecule has 4 aliphatic rings. The average Bonchev–Trinajstić information content (AvgIpc) is 3.62. The largest absolute Gasteiger partial charge is 0.326 e. The summed E-state index contributed by atoms with van der Waals surface area (Å²) in [5.74, 6) is 1.02. The number of hydrogen-bond donors (Lipinski definition) is 3. The number of rotatable bonds is 12. The molecule has 3 aliphatic carbocycles. The lowest BCUT2D eigenvalue weighted by atomic mass is 9.49. The molecule has 3 aromatic rings. The number of ketones is 1. The number of carbonyl (C=O) groups is 5. The first-order valence-corrected chi connectivity index (χ1v) is 25.6. The average molecular weight is 922 g/mol. The summed E-state index contributed by atoms with van der Waals surface area (Å²) in [4.78, 5) is 71.0. The van der Waals surface area contributed by atoms with Crippen molar-refractivity contribution in [3.05, 3.63) is 101 Å². The second-order valence-electron chi connectivity index (χ2n) is 21.2. The van der Waals surface area contributed by atoms with Gasteiger partial charge < -0.3 is 10.2 Å². The molecule has 3 amide bonds. The Morgan fingerprint density at radius 3 is 2.32 bits per heavy atom. The van der Waals surface area contributed by atoms with Crippen LogP contribution in [0.5, 0.6) is 0 Å². The van der Waals surface area contributed by atoms with E-state index in [9.17, 15) is 24.0 Å². The van der Waals surface area contributed by atoms with Gasteiger partial charge in [-0.3, -0.25) is 34.4 Å². The third kappa shape index (κ3) is 11.5. The number of likely N-dealkylation sites (tertiary alicyclic amines) is 1. The van der Waals surface area contributed by atoms with E-state index in [2.05, 4.69) is 108 Å². The van der Waals surface area contributed by atoms with Gasteiger partial charge in [0, 0.05) is 83.3 Å². The summed E-state index contributed by atoms with van der Waals surface area (Å²) < 4.78 is 0. The number of nitrogens with one attached hydrogen (secondary N) is 3. The Kier molecular flexibility index (Phi) is 16.0. The predicted molar refractivity (Wildman–Crippen MR) is 264 cm³/mol. The van der Waals surface area contributed by atoms with Crippen LogP contribution in [0.3, 0.4) is 0 Å². The van der Waals surface area contributed by atoms with E-state index in [1.807, 2.05) is 23.1 Å². The van der Waals surface area contributed by atoms with Crippen molar-refractivity contribution in [1.82, 2.24) is 20.7 Å². The Hall–Kier alpha value is -4.26. The fourth-order valence-corrected chi connectivity index (χ4v) is 13.6. The number of allylic oxidation sites excluding steroid dienone is 2.